The minimum atomic E-state index is -4.05. The number of amides is 1. The molecule has 7 nitrogen and oxygen atoms in total. The molecule has 0 aliphatic rings. The number of hydrogen-bond donors (Lipinski definition) is 2. The highest BCUT2D eigenvalue weighted by atomic mass is 35.5. The Kier molecular flexibility index (Phi) is 6.36. The SMILES string of the molecule is COc1ccccc1NS(=O)(=O)c1cc(C(=O)NCc2ccccn2)ccc1Cl. The van der Waals surface area contributed by atoms with E-state index in [1.165, 1.54) is 25.3 Å². The predicted molar refractivity (Wildman–Crippen MR) is 111 cm³/mol. The van der Waals surface area contributed by atoms with Gasteiger partial charge in [0.25, 0.3) is 15.9 Å². The van der Waals surface area contributed by atoms with Crippen molar-refractivity contribution in [3.8, 4) is 5.75 Å². The van der Waals surface area contributed by atoms with E-state index in [0.717, 1.165) is 0 Å². The molecular weight excluding hydrogens is 414 g/mol. The average molecular weight is 432 g/mol. The number of pyridine rings is 1. The van der Waals surface area contributed by atoms with E-state index in [9.17, 15) is 13.2 Å². The van der Waals surface area contributed by atoms with Gasteiger partial charge < -0.3 is 10.1 Å². The molecule has 2 N–H and O–H groups in total. The van der Waals surface area contributed by atoms with Crippen molar-refractivity contribution in [3.05, 3.63) is 83.1 Å². The molecule has 0 aliphatic heterocycles. The number of sulfonamides is 1. The summed E-state index contributed by atoms with van der Waals surface area (Å²) in [6.45, 7) is 0.212. The number of para-hydroxylation sites is 2. The van der Waals surface area contributed by atoms with Gasteiger partial charge in [0.05, 0.1) is 30.1 Å². The second-order valence-electron chi connectivity index (χ2n) is 5.95. The first kappa shape index (κ1) is 20.6. The molecule has 0 fully saturated rings. The Morgan fingerprint density at radius 1 is 1.10 bits per heavy atom. The van der Waals surface area contributed by atoms with Crippen LogP contribution in [0.25, 0.3) is 0 Å². The zero-order valence-electron chi connectivity index (χ0n) is 15.4. The van der Waals surface area contributed by atoms with E-state index in [-0.39, 0.29) is 27.7 Å². The second kappa shape index (κ2) is 8.93. The highest BCUT2D eigenvalue weighted by Crippen LogP contribution is 2.29. The van der Waals surface area contributed by atoms with Crippen LogP contribution in [-0.2, 0) is 16.6 Å². The fraction of sp³-hybridized carbons (Fsp3) is 0.100. The summed E-state index contributed by atoms with van der Waals surface area (Å²) in [7, 11) is -2.62. The van der Waals surface area contributed by atoms with Gasteiger partial charge in [-0.25, -0.2) is 8.42 Å². The Hall–Kier alpha value is -3.10. The van der Waals surface area contributed by atoms with Crippen molar-refractivity contribution in [1.29, 1.82) is 0 Å². The number of carbonyl (C=O) groups is 1. The molecule has 0 radical (unpaired) electrons. The number of anilines is 1. The van der Waals surface area contributed by atoms with E-state index in [1.54, 1.807) is 42.6 Å². The van der Waals surface area contributed by atoms with Gasteiger partial charge in [-0.2, -0.15) is 0 Å². The monoisotopic (exact) mass is 431 g/mol. The number of ether oxygens (including phenoxy) is 1. The lowest BCUT2D eigenvalue weighted by Crippen LogP contribution is -2.24. The lowest BCUT2D eigenvalue weighted by Gasteiger charge is -2.13. The number of carbonyl (C=O) groups excluding carboxylic acids is 1. The topological polar surface area (TPSA) is 97.4 Å². The molecule has 0 saturated heterocycles. The molecule has 1 heterocycles. The number of hydrogen-bond acceptors (Lipinski definition) is 5. The van der Waals surface area contributed by atoms with Crippen molar-refractivity contribution in [1.82, 2.24) is 10.3 Å². The first-order valence-electron chi connectivity index (χ1n) is 8.54. The van der Waals surface area contributed by atoms with Crippen LogP contribution in [0.2, 0.25) is 5.02 Å². The van der Waals surface area contributed by atoms with Gasteiger partial charge in [0.1, 0.15) is 10.6 Å². The van der Waals surface area contributed by atoms with Crippen LogP contribution in [-0.4, -0.2) is 26.4 Å². The van der Waals surface area contributed by atoms with Gasteiger partial charge in [0, 0.05) is 11.8 Å². The van der Waals surface area contributed by atoms with Crippen LogP contribution in [0.1, 0.15) is 16.1 Å². The van der Waals surface area contributed by atoms with E-state index in [2.05, 4.69) is 15.0 Å². The Balaban J connectivity index is 1.83. The third-order valence-electron chi connectivity index (χ3n) is 3.99. The summed E-state index contributed by atoms with van der Waals surface area (Å²) in [6.07, 6.45) is 1.62. The molecule has 1 amide bonds. The standard InChI is InChI=1S/C20H18ClN3O4S/c1-28-18-8-3-2-7-17(18)24-29(26,27)19-12-14(9-10-16(19)21)20(25)23-13-15-6-4-5-11-22-15/h2-12,24H,13H2,1H3,(H,23,25). The van der Waals surface area contributed by atoms with Crippen molar-refractivity contribution in [2.45, 2.75) is 11.4 Å². The highest BCUT2D eigenvalue weighted by molar-refractivity contribution is 7.92. The Bertz CT molecular complexity index is 1120. The van der Waals surface area contributed by atoms with E-state index in [4.69, 9.17) is 16.3 Å². The third kappa shape index (κ3) is 5.04. The van der Waals surface area contributed by atoms with Crippen LogP contribution in [0.3, 0.4) is 0 Å². The van der Waals surface area contributed by atoms with Crippen molar-refractivity contribution in [3.63, 3.8) is 0 Å². The molecule has 0 atom stereocenters. The van der Waals surface area contributed by atoms with Crippen molar-refractivity contribution in [2.24, 2.45) is 0 Å². The molecule has 9 heteroatoms. The lowest BCUT2D eigenvalue weighted by atomic mass is 10.2. The molecular formula is C20H18ClN3O4S. The Morgan fingerprint density at radius 2 is 1.86 bits per heavy atom. The summed E-state index contributed by atoms with van der Waals surface area (Å²) < 4.78 is 33.3. The first-order valence-corrected chi connectivity index (χ1v) is 10.4. The van der Waals surface area contributed by atoms with Crippen LogP contribution in [0.5, 0.6) is 5.75 Å². The molecule has 0 unspecified atom stereocenters. The van der Waals surface area contributed by atoms with E-state index < -0.39 is 15.9 Å². The Morgan fingerprint density at radius 3 is 2.59 bits per heavy atom. The number of methoxy groups -OCH3 is 1. The molecule has 0 spiro atoms. The van der Waals surface area contributed by atoms with Crippen molar-refractivity contribution in [2.75, 3.05) is 11.8 Å². The number of benzene rings is 2. The normalized spacial score (nSPS) is 11.0. The summed E-state index contributed by atoms with van der Waals surface area (Å²) in [5, 5.41) is 2.70. The molecule has 0 aliphatic carbocycles. The van der Waals surface area contributed by atoms with Crippen molar-refractivity contribution < 1.29 is 17.9 Å². The number of nitrogens with one attached hydrogen (secondary N) is 2. The maximum absolute atomic E-state index is 12.9. The van der Waals surface area contributed by atoms with Gasteiger partial charge in [-0.1, -0.05) is 29.8 Å². The number of rotatable bonds is 7. The largest absolute Gasteiger partial charge is 0.495 e. The van der Waals surface area contributed by atoms with Gasteiger partial charge in [-0.3, -0.25) is 14.5 Å². The van der Waals surface area contributed by atoms with Gasteiger partial charge in [0.2, 0.25) is 0 Å². The average Bonchev–Trinajstić information content (AvgIpc) is 2.73. The second-order valence-corrected chi connectivity index (χ2v) is 8.01. The van der Waals surface area contributed by atoms with E-state index >= 15 is 0 Å². The minimum absolute atomic E-state index is 0.00586. The van der Waals surface area contributed by atoms with Gasteiger partial charge in [0.15, 0.2) is 0 Å². The van der Waals surface area contributed by atoms with Crippen LogP contribution in [0.4, 0.5) is 5.69 Å². The highest BCUT2D eigenvalue weighted by Gasteiger charge is 2.21. The molecule has 0 saturated carbocycles. The van der Waals surface area contributed by atoms with E-state index in [1.807, 2.05) is 6.07 Å². The Labute approximate surface area is 173 Å². The third-order valence-corrected chi connectivity index (χ3v) is 5.84. The smallest absolute Gasteiger partial charge is 0.263 e. The summed E-state index contributed by atoms with van der Waals surface area (Å²) in [5.74, 6) is -0.0856. The molecule has 3 rings (SSSR count). The fourth-order valence-electron chi connectivity index (χ4n) is 2.55. The number of halogens is 1. The minimum Gasteiger partial charge on any atom is -0.495 e. The first-order chi connectivity index (χ1) is 13.9. The molecule has 3 aromatic rings. The maximum atomic E-state index is 12.9. The summed E-state index contributed by atoms with van der Waals surface area (Å²) in [6, 6.07) is 16.0. The van der Waals surface area contributed by atoms with Gasteiger partial charge >= 0.3 is 0 Å². The number of aromatic nitrogens is 1. The molecule has 1 aromatic heterocycles. The zero-order chi connectivity index (χ0) is 20.9. The molecule has 150 valence electrons. The van der Waals surface area contributed by atoms with Crippen LogP contribution in [0, 0.1) is 0 Å². The van der Waals surface area contributed by atoms with Crippen LogP contribution < -0.4 is 14.8 Å². The number of nitrogens with zero attached hydrogens (tertiary/aromatic N) is 1. The predicted octanol–water partition coefficient (Wildman–Crippen LogP) is 3.47. The summed E-state index contributed by atoms with van der Waals surface area (Å²) in [5.41, 5.74) is 1.10. The zero-order valence-corrected chi connectivity index (χ0v) is 17.0. The summed E-state index contributed by atoms with van der Waals surface area (Å²) in [4.78, 5) is 16.4. The summed E-state index contributed by atoms with van der Waals surface area (Å²) >= 11 is 6.11. The lowest BCUT2D eigenvalue weighted by molar-refractivity contribution is 0.0950. The van der Waals surface area contributed by atoms with Gasteiger partial charge in [-0.05, 0) is 42.5 Å². The quantitative estimate of drug-likeness (QED) is 0.597. The van der Waals surface area contributed by atoms with E-state index in [0.29, 0.717) is 11.4 Å². The molecule has 2 aromatic carbocycles. The van der Waals surface area contributed by atoms with Crippen molar-refractivity contribution >= 4 is 33.2 Å². The molecule has 0 bridgehead atoms. The fourth-order valence-corrected chi connectivity index (χ4v) is 4.15. The van der Waals surface area contributed by atoms with Crippen LogP contribution in [0.15, 0.2) is 71.8 Å². The maximum Gasteiger partial charge on any atom is 0.263 e. The molecule has 29 heavy (non-hydrogen) atoms. The van der Waals surface area contributed by atoms with Gasteiger partial charge in [-0.15, -0.1) is 0 Å². The van der Waals surface area contributed by atoms with Crippen LogP contribution >= 0.6 is 11.6 Å².